The molecule has 13 heteroatoms. The quantitative estimate of drug-likeness (QED) is 0.552. The summed E-state index contributed by atoms with van der Waals surface area (Å²) in [7, 11) is -1.62. The van der Waals surface area contributed by atoms with Gasteiger partial charge in [-0.15, -0.1) is 11.3 Å². The van der Waals surface area contributed by atoms with Gasteiger partial charge < -0.3 is 20.0 Å². The third-order valence-corrected chi connectivity index (χ3v) is 7.37. The number of carboxylic acids is 2. The molecule has 2 heterocycles. The van der Waals surface area contributed by atoms with Crippen LogP contribution in [-0.2, 0) is 19.6 Å². The summed E-state index contributed by atoms with van der Waals surface area (Å²) in [6, 6.07) is 8.33. The van der Waals surface area contributed by atoms with Crippen LogP contribution >= 0.6 is 34.5 Å². The monoisotopic (exact) mass is 495 g/mol. The Hall–Kier alpha value is -2.05. The van der Waals surface area contributed by atoms with Crippen molar-refractivity contribution in [3.05, 3.63) is 39.7 Å². The van der Waals surface area contributed by atoms with Crippen LogP contribution < -0.4 is 9.62 Å². The highest BCUT2D eigenvalue weighted by atomic mass is 35.5. The lowest BCUT2D eigenvalue weighted by atomic mass is 10.2. The summed E-state index contributed by atoms with van der Waals surface area (Å²) in [5, 5.41) is 15.3. The fourth-order valence-electron chi connectivity index (χ4n) is 2.55. The maximum Gasteiger partial charge on any atom is 0.414 e. The molecule has 30 heavy (non-hydrogen) atoms. The minimum atomic E-state index is -3.69. The number of rotatable bonds is 4. The molecular formula is C17H19Cl2N3O6S2. The number of halogens is 2. The van der Waals surface area contributed by atoms with E-state index in [9.17, 15) is 8.42 Å². The van der Waals surface area contributed by atoms with Crippen molar-refractivity contribution in [1.82, 2.24) is 4.90 Å². The zero-order valence-electron chi connectivity index (χ0n) is 15.7. The van der Waals surface area contributed by atoms with Crippen molar-refractivity contribution in [3.8, 4) is 0 Å². The molecule has 164 valence electrons. The van der Waals surface area contributed by atoms with E-state index in [1.165, 1.54) is 6.07 Å². The van der Waals surface area contributed by atoms with Gasteiger partial charge in [-0.2, -0.15) is 0 Å². The lowest BCUT2D eigenvalue weighted by molar-refractivity contribution is -0.159. The fourth-order valence-corrected chi connectivity index (χ4v) is 5.27. The standard InChI is InChI=1S/C15H17Cl2N3O2S2.C2H2O4/c1-19-6-8-20(9-7-19)13-3-2-11(16)10-12(13)18-24(21,22)15-5-4-14(17)23-15;3-1(4)2(5)6/h2-5,10,18H,6-9H2,1H3;(H,3,4)(H,5,6). The average molecular weight is 496 g/mol. The molecule has 0 bridgehead atoms. The molecule has 0 radical (unpaired) electrons. The molecule has 1 saturated heterocycles. The molecule has 2 aromatic rings. The van der Waals surface area contributed by atoms with Crippen LogP contribution in [0.15, 0.2) is 34.5 Å². The van der Waals surface area contributed by atoms with Crippen molar-refractivity contribution in [3.63, 3.8) is 0 Å². The van der Waals surface area contributed by atoms with Crippen LogP contribution in [-0.4, -0.2) is 68.7 Å². The second-order valence-electron chi connectivity index (χ2n) is 6.23. The first-order chi connectivity index (χ1) is 14.0. The number of nitrogens with zero attached hydrogens (tertiary/aromatic N) is 2. The minimum Gasteiger partial charge on any atom is -0.473 e. The number of benzene rings is 1. The molecule has 1 aliphatic rings. The Bertz CT molecular complexity index is 1010. The molecule has 0 atom stereocenters. The van der Waals surface area contributed by atoms with Gasteiger partial charge in [-0.25, -0.2) is 18.0 Å². The summed E-state index contributed by atoms with van der Waals surface area (Å²) >= 11 is 13.0. The summed E-state index contributed by atoms with van der Waals surface area (Å²) in [6.07, 6.45) is 0. The summed E-state index contributed by atoms with van der Waals surface area (Å²) in [5.74, 6) is -3.65. The number of hydrogen-bond acceptors (Lipinski definition) is 7. The Morgan fingerprint density at radius 1 is 1.03 bits per heavy atom. The van der Waals surface area contributed by atoms with Crippen molar-refractivity contribution in [1.29, 1.82) is 0 Å². The van der Waals surface area contributed by atoms with Crippen molar-refractivity contribution >= 4 is 67.9 Å². The Kier molecular flexibility index (Phi) is 8.33. The van der Waals surface area contributed by atoms with Gasteiger partial charge in [0.15, 0.2) is 0 Å². The minimum absolute atomic E-state index is 0.178. The summed E-state index contributed by atoms with van der Waals surface area (Å²) in [5.41, 5.74) is 1.32. The first-order valence-corrected chi connectivity index (χ1v) is 11.5. The molecule has 3 rings (SSSR count). The van der Waals surface area contributed by atoms with E-state index < -0.39 is 22.0 Å². The van der Waals surface area contributed by atoms with Crippen LogP contribution in [0.4, 0.5) is 11.4 Å². The van der Waals surface area contributed by atoms with Crippen molar-refractivity contribution < 1.29 is 28.2 Å². The lowest BCUT2D eigenvalue weighted by Crippen LogP contribution is -2.44. The van der Waals surface area contributed by atoms with E-state index in [0.29, 0.717) is 15.0 Å². The number of likely N-dealkylation sites (N-methyl/N-ethyl adjacent to an activating group) is 1. The molecule has 1 aromatic heterocycles. The second-order valence-corrected chi connectivity index (χ2v) is 10.3. The van der Waals surface area contributed by atoms with Gasteiger partial charge >= 0.3 is 11.9 Å². The lowest BCUT2D eigenvalue weighted by Gasteiger charge is -2.35. The molecule has 0 spiro atoms. The molecule has 1 aromatic carbocycles. The number of carboxylic acid groups (broad SMARTS) is 2. The Labute approximate surface area is 187 Å². The van der Waals surface area contributed by atoms with Crippen molar-refractivity contribution in [2.75, 3.05) is 42.8 Å². The van der Waals surface area contributed by atoms with Crippen molar-refractivity contribution in [2.24, 2.45) is 0 Å². The van der Waals surface area contributed by atoms with E-state index in [4.69, 9.17) is 43.0 Å². The molecular weight excluding hydrogens is 477 g/mol. The van der Waals surface area contributed by atoms with Gasteiger partial charge in [-0.05, 0) is 37.4 Å². The van der Waals surface area contributed by atoms with Crippen LogP contribution in [0.25, 0.3) is 0 Å². The zero-order chi connectivity index (χ0) is 22.5. The van der Waals surface area contributed by atoms with Gasteiger partial charge in [0, 0.05) is 31.2 Å². The van der Waals surface area contributed by atoms with Gasteiger partial charge in [-0.1, -0.05) is 23.2 Å². The maximum atomic E-state index is 12.6. The molecule has 0 saturated carbocycles. The van der Waals surface area contributed by atoms with E-state index in [-0.39, 0.29) is 4.21 Å². The normalized spacial score (nSPS) is 14.6. The van der Waals surface area contributed by atoms with E-state index in [2.05, 4.69) is 21.6 Å². The average Bonchev–Trinajstić information content (AvgIpc) is 3.10. The van der Waals surface area contributed by atoms with Crippen LogP contribution in [0.2, 0.25) is 9.36 Å². The largest absolute Gasteiger partial charge is 0.473 e. The van der Waals surface area contributed by atoms with Crippen LogP contribution in [0.3, 0.4) is 0 Å². The van der Waals surface area contributed by atoms with Crippen LogP contribution in [0.5, 0.6) is 0 Å². The Morgan fingerprint density at radius 3 is 2.13 bits per heavy atom. The van der Waals surface area contributed by atoms with E-state index >= 15 is 0 Å². The molecule has 1 aliphatic heterocycles. The van der Waals surface area contributed by atoms with Crippen LogP contribution in [0.1, 0.15) is 0 Å². The number of aliphatic carboxylic acids is 2. The molecule has 3 N–H and O–H groups in total. The molecule has 0 amide bonds. The predicted octanol–water partition coefficient (Wildman–Crippen LogP) is 2.76. The molecule has 9 nitrogen and oxygen atoms in total. The number of hydrogen-bond donors (Lipinski definition) is 3. The van der Waals surface area contributed by atoms with E-state index in [1.807, 2.05) is 6.07 Å². The van der Waals surface area contributed by atoms with E-state index in [1.54, 1.807) is 18.2 Å². The molecule has 0 aliphatic carbocycles. The number of anilines is 2. The summed E-state index contributed by atoms with van der Waals surface area (Å²) < 4.78 is 28.4. The first-order valence-electron chi connectivity index (χ1n) is 8.47. The van der Waals surface area contributed by atoms with Crippen molar-refractivity contribution in [2.45, 2.75) is 4.21 Å². The highest BCUT2D eigenvalue weighted by Gasteiger charge is 2.22. The zero-order valence-corrected chi connectivity index (χ0v) is 18.9. The highest BCUT2D eigenvalue weighted by molar-refractivity contribution is 7.94. The smallest absolute Gasteiger partial charge is 0.414 e. The van der Waals surface area contributed by atoms with Gasteiger partial charge in [0.05, 0.1) is 15.7 Å². The van der Waals surface area contributed by atoms with Gasteiger partial charge in [0.1, 0.15) is 4.21 Å². The number of piperazine rings is 1. The SMILES string of the molecule is CN1CCN(c2ccc(Cl)cc2NS(=O)(=O)c2ccc(Cl)s2)CC1.O=C(O)C(=O)O. The summed E-state index contributed by atoms with van der Waals surface area (Å²) in [4.78, 5) is 22.6. The fraction of sp³-hybridized carbons (Fsp3) is 0.294. The number of sulfonamides is 1. The second kappa shape index (κ2) is 10.3. The predicted molar refractivity (Wildman–Crippen MR) is 117 cm³/mol. The number of thiophene rings is 1. The molecule has 0 unspecified atom stereocenters. The highest BCUT2D eigenvalue weighted by Crippen LogP contribution is 2.33. The first kappa shape index (κ1) is 24.2. The topological polar surface area (TPSA) is 127 Å². The number of nitrogens with one attached hydrogen (secondary N) is 1. The third kappa shape index (κ3) is 6.74. The van der Waals surface area contributed by atoms with E-state index in [0.717, 1.165) is 43.2 Å². The maximum absolute atomic E-state index is 12.6. The van der Waals surface area contributed by atoms with Gasteiger partial charge in [-0.3, -0.25) is 4.72 Å². The Morgan fingerprint density at radius 2 is 1.63 bits per heavy atom. The number of carbonyl (C=O) groups is 2. The van der Waals surface area contributed by atoms with Gasteiger partial charge in [0.25, 0.3) is 10.0 Å². The van der Waals surface area contributed by atoms with Gasteiger partial charge in [0.2, 0.25) is 0 Å². The molecule has 1 fully saturated rings. The third-order valence-electron chi connectivity index (χ3n) is 4.04. The summed E-state index contributed by atoms with van der Waals surface area (Å²) in [6.45, 7) is 3.51. The van der Waals surface area contributed by atoms with Crippen LogP contribution in [0, 0.1) is 0 Å². The Balaban J connectivity index is 0.000000469.